The number of hydrogen-bond donors (Lipinski definition) is 1. The zero-order valence-electron chi connectivity index (χ0n) is 14.0. The van der Waals surface area contributed by atoms with E-state index < -0.39 is 0 Å². The van der Waals surface area contributed by atoms with Crippen LogP contribution in [0.25, 0.3) is 0 Å². The Bertz CT molecular complexity index is 986. The largest absolute Gasteiger partial charge is 0.361 e. The highest BCUT2D eigenvalue weighted by atomic mass is 35.5. The zero-order valence-corrected chi connectivity index (χ0v) is 15.6. The third kappa shape index (κ3) is 2.83. The molecular weight excluding hydrogens is 367 g/mol. The molecule has 3 aromatic rings. The van der Waals surface area contributed by atoms with Crippen molar-refractivity contribution in [3.8, 4) is 0 Å². The first kappa shape index (κ1) is 17.0. The molecule has 0 bridgehead atoms. The molecule has 0 spiro atoms. The average molecular weight is 383 g/mol. The van der Waals surface area contributed by atoms with Gasteiger partial charge in [0.25, 0.3) is 5.91 Å². The fourth-order valence-corrected chi connectivity index (χ4v) is 3.54. The van der Waals surface area contributed by atoms with E-state index >= 15 is 0 Å². The van der Waals surface area contributed by atoms with Crippen LogP contribution in [0.4, 0.5) is 11.4 Å². The van der Waals surface area contributed by atoms with Gasteiger partial charge in [0.15, 0.2) is 0 Å². The second-order valence-electron chi connectivity index (χ2n) is 6.20. The first-order chi connectivity index (χ1) is 12.6. The minimum Gasteiger partial charge on any atom is -0.361 e. The Morgan fingerprint density at radius 2 is 1.65 bits per heavy atom. The first-order valence-electron chi connectivity index (χ1n) is 8.26. The minimum absolute atomic E-state index is 0.0416. The van der Waals surface area contributed by atoms with Crippen molar-refractivity contribution in [2.75, 3.05) is 10.2 Å². The molecule has 1 aliphatic rings. The molecule has 3 aromatic carbocycles. The summed E-state index contributed by atoms with van der Waals surface area (Å²) in [5.74, 6) is -0.0416. The Morgan fingerprint density at radius 1 is 0.923 bits per heavy atom. The Kier molecular flexibility index (Phi) is 4.35. The van der Waals surface area contributed by atoms with E-state index in [0.717, 1.165) is 22.5 Å². The van der Waals surface area contributed by atoms with Gasteiger partial charge in [-0.3, -0.25) is 9.69 Å². The fourth-order valence-electron chi connectivity index (χ4n) is 3.24. The summed E-state index contributed by atoms with van der Waals surface area (Å²) in [6.45, 7) is 1.96. The second kappa shape index (κ2) is 6.67. The fraction of sp³-hybridized carbons (Fsp3) is 0.0952. The number of nitrogens with zero attached hydrogens (tertiary/aromatic N) is 1. The molecule has 5 heteroatoms. The first-order valence-corrected chi connectivity index (χ1v) is 9.01. The van der Waals surface area contributed by atoms with Crippen molar-refractivity contribution in [1.29, 1.82) is 0 Å². The monoisotopic (exact) mass is 382 g/mol. The maximum Gasteiger partial charge on any atom is 0.260 e. The lowest BCUT2D eigenvalue weighted by Gasteiger charge is -2.28. The Labute approximate surface area is 162 Å². The van der Waals surface area contributed by atoms with Crippen molar-refractivity contribution in [2.24, 2.45) is 0 Å². The number of anilines is 2. The van der Waals surface area contributed by atoms with Crippen molar-refractivity contribution in [3.63, 3.8) is 0 Å². The molecule has 3 nitrogen and oxygen atoms in total. The molecule has 1 amide bonds. The molecule has 0 aliphatic carbocycles. The molecule has 1 heterocycles. The van der Waals surface area contributed by atoms with Gasteiger partial charge in [-0.05, 0) is 55.0 Å². The summed E-state index contributed by atoms with van der Waals surface area (Å²) >= 11 is 12.3. The van der Waals surface area contributed by atoms with E-state index in [2.05, 4.69) is 5.32 Å². The van der Waals surface area contributed by atoms with Crippen LogP contribution in [-0.2, 0) is 0 Å². The van der Waals surface area contributed by atoms with Gasteiger partial charge >= 0.3 is 0 Å². The molecule has 0 fully saturated rings. The van der Waals surface area contributed by atoms with E-state index in [1.165, 1.54) is 0 Å². The minimum atomic E-state index is -0.322. The van der Waals surface area contributed by atoms with E-state index in [1.807, 2.05) is 61.5 Å². The van der Waals surface area contributed by atoms with Gasteiger partial charge in [0, 0.05) is 32.5 Å². The van der Waals surface area contributed by atoms with Crippen molar-refractivity contribution in [3.05, 3.63) is 93.5 Å². The van der Waals surface area contributed by atoms with E-state index in [-0.39, 0.29) is 12.1 Å². The quantitative estimate of drug-likeness (QED) is 0.595. The molecule has 0 aromatic heterocycles. The van der Waals surface area contributed by atoms with Crippen LogP contribution in [0.2, 0.25) is 10.0 Å². The highest BCUT2D eigenvalue weighted by molar-refractivity contribution is 6.31. The van der Waals surface area contributed by atoms with E-state index in [4.69, 9.17) is 23.2 Å². The number of carbonyl (C=O) groups excluding carboxylic acids is 1. The van der Waals surface area contributed by atoms with Crippen LogP contribution in [0.3, 0.4) is 0 Å². The summed E-state index contributed by atoms with van der Waals surface area (Å²) < 4.78 is 0. The van der Waals surface area contributed by atoms with Crippen molar-refractivity contribution < 1.29 is 4.79 Å². The molecule has 0 saturated heterocycles. The smallest absolute Gasteiger partial charge is 0.260 e. The van der Waals surface area contributed by atoms with Crippen LogP contribution in [-0.4, -0.2) is 5.91 Å². The molecule has 1 atom stereocenters. The van der Waals surface area contributed by atoms with Crippen LogP contribution in [0, 0.1) is 6.92 Å². The summed E-state index contributed by atoms with van der Waals surface area (Å²) in [5, 5.41) is 4.81. The third-order valence-corrected chi connectivity index (χ3v) is 5.29. The Hall–Kier alpha value is -2.49. The van der Waals surface area contributed by atoms with Crippen molar-refractivity contribution in [1.82, 2.24) is 0 Å². The van der Waals surface area contributed by atoms with Crippen LogP contribution in [0.5, 0.6) is 0 Å². The van der Waals surface area contributed by atoms with Gasteiger partial charge in [0.1, 0.15) is 6.17 Å². The number of rotatable bonds is 3. The lowest BCUT2D eigenvalue weighted by atomic mass is 10.1. The number of nitrogens with one attached hydrogen (secondary N) is 1. The molecule has 0 radical (unpaired) electrons. The standard InChI is InChI=1S/C21H16Cl2N2O/c1-13-18(23)7-4-8-19(13)24-20-16-5-2-3-6-17(16)21(26)25(20)15-11-9-14(22)10-12-15/h2-12,20,24H,1H3/t20-/m1/s1. The maximum atomic E-state index is 13.1. The second-order valence-corrected chi connectivity index (χ2v) is 7.04. The number of carbonyl (C=O) groups is 1. The highest BCUT2D eigenvalue weighted by Gasteiger charge is 2.37. The predicted molar refractivity (Wildman–Crippen MR) is 107 cm³/mol. The molecule has 0 unspecified atom stereocenters. The zero-order chi connectivity index (χ0) is 18.3. The molecule has 26 heavy (non-hydrogen) atoms. The third-order valence-electron chi connectivity index (χ3n) is 4.63. The molecule has 4 rings (SSSR count). The number of amides is 1. The highest BCUT2D eigenvalue weighted by Crippen LogP contribution is 2.39. The van der Waals surface area contributed by atoms with Gasteiger partial charge in [-0.25, -0.2) is 0 Å². The summed E-state index contributed by atoms with van der Waals surface area (Å²) in [6.07, 6.45) is -0.322. The number of benzene rings is 3. The topological polar surface area (TPSA) is 32.3 Å². The van der Waals surface area contributed by atoms with Crippen LogP contribution in [0.15, 0.2) is 66.7 Å². The van der Waals surface area contributed by atoms with Gasteiger partial charge in [0.05, 0.1) is 0 Å². The summed E-state index contributed by atoms with van der Waals surface area (Å²) in [7, 11) is 0. The van der Waals surface area contributed by atoms with Crippen LogP contribution in [0.1, 0.15) is 27.7 Å². The van der Waals surface area contributed by atoms with Crippen molar-refractivity contribution >= 4 is 40.5 Å². The van der Waals surface area contributed by atoms with E-state index in [0.29, 0.717) is 15.6 Å². The molecule has 0 saturated carbocycles. The number of halogens is 2. The summed E-state index contributed by atoms with van der Waals surface area (Å²) in [4.78, 5) is 14.8. The lowest BCUT2D eigenvalue weighted by Crippen LogP contribution is -2.32. The predicted octanol–water partition coefficient (Wildman–Crippen LogP) is 6.07. The van der Waals surface area contributed by atoms with Gasteiger partial charge in [0.2, 0.25) is 0 Å². The number of fused-ring (bicyclic) bond motifs is 1. The molecule has 1 N–H and O–H groups in total. The summed E-state index contributed by atoms with van der Waals surface area (Å²) in [5.41, 5.74) is 4.26. The van der Waals surface area contributed by atoms with Gasteiger partial charge in [-0.15, -0.1) is 0 Å². The summed E-state index contributed by atoms with van der Waals surface area (Å²) in [6, 6.07) is 20.6. The maximum absolute atomic E-state index is 13.1. The molecule has 130 valence electrons. The normalized spacial score (nSPS) is 15.9. The number of hydrogen-bond acceptors (Lipinski definition) is 2. The van der Waals surface area contributed by atoms with E-state index in [1.54, 1.807) is 17.0 Å². The van der Waals surface area contributed by atoms with Gasteiger partial charge in [-0.2, -0.15) is 0 Å². The van der Waals surface area contributed by atoms with Gasteiger partial charge < -0.3 is 5.32 Å². The van der Waals surface area contributed by atoms with E-state index in [9.17, 15) is 4.79 Å². The average Bonchev–Trinajstić information content (AvgIpc) is 2.92. The Morgan fingerprint density at radius 3 is 2.42 bits per heavy atom. The SMILES string of the molecule is Cc1c(Cl)cccc1N[C@H]1c2ccccc2C(=O)N1c1ccc(Cl)cc1. The van der Waals surface area contributed by atoms with Gasteiger partial charge in [-0.1, -0.05) is 47.5 Å². The molecule has 1 aliphatic heterocycles. The molecular formula is C21H16Cl2N2O. The van der Waals surface area contributed by atoms with Crippen molar-refractivity contribution in [2.45, 2.75) is 13.1 Å². The van der Waals surface area contributed by atoms with Crippen LogP contribution >= 0.6 is 23.2 Å². The lowest BCUT2D eigenvalue weighted by molar-refractivity contribution is 0.0993. The van der Waals surface area contributed by atoms with Crippen LogP contribution < -0.4 is 10.2 Å². The Balaban J connectivity index is 1.81.